The van der Waals surface area contributed by atoms with Gasteiger partial charge in [-0.3, -0.25) is 4.90 Å². The van der Waals surface area contributed by atoms with Gasteiger partial charge in [-0.05, 0) is 64.5 Å². The summed E-state index contributed by atoms with van der Waals surface area (Å²) in [7, 11) is 0. The van der Waals surface area contributed by atoms with Crippen molar-refractivity contribution in [3.05, 3.63) is 70.9 Å². The number of halogens is 1. The van der Waals surface area contributed by atoms with E-state index in [4.69, 9.17) is 19.7 Å². The van der Waals surface area contributed by atoms with Gasteiger partial charge in [0.15, 0.2) is 11.5 Å². The molecule has 1 fully saturated rings. The highest BCUT2D eigenvalue weighted by Crippen LogP contribution is 2.32. The summed E-state index contributed by atoms with van der Waals surface area (Å²) in [5.41, 5.74) is 5.69. The fourth-order valence-corrected chi connectivity index (χ4v) is 5.27. The van der Waals surface area contributed by atoms with E-state index in [-0.39, 0.29) is 5.75 Å². The highest BCUT2D eigenvalue weighted by atomic mass is 79.9. The molecule has 8 nitrogen and oxygen atoms in total. The number of ether oxygens (including phenoxy) is 1. The van der Waals surface area contributed by atoms with Crippen LogP contribution >= 0.6 is 15.9 Å². The van der Waals surface area contributed by atoms with Crippen LogP contribution in [0.5, 0.6) is 5.75 Å². The van der Waals surface area contributed by atoms with Gasteiger partial charge < -0.3 is 14.4 Å². The van der Waals surface area contributed by atoms with Gasteiger partial charge in [-0.1, -0.05) is 24.3 Å². The number of nitrogens with zero attached hydrogens (tertiary/aromatic N) is 6. The molecule has 2 aliphatic heterocycles. The molecular weight excluding hydrogens is 520 g/mol. The Hall–Kier alpha value is -3.14. The molecule has 0 radical (unpaired) electrons. The number of phenolic OH excluding ortho intramolecular Hbond substituents is 1. The van der Waals surface area contributed by atoms with Crippen molar-refractivity contribution >= 4 is 32.7 Å². The molecule has 6 rings (SSSR count). The minimum atomic E-state index is 0.199. The molecule has 0 bridgehead atoms. The Morgan fingerprint density at radius 2 is 1.97 bits per heavy atom. The van der Waals surface area contributed by atoms with Gasteiger partial charge in [0.2, 0.25) is 0 Å². The zero-order valence-corrected chi connectivity index (χ0v) is 21.4. The van der Waals surface area contributed by atoms with Crippen LogP contribution < -0.4 is 0 Å². The largest absolute Gasteiger partial charge is 0.508 e. The average Bonchev–Trinajstić information content (AvgIpc) is 3.34. The van der Waals surface area contributed by atoms with Crippen molar-refractivity contribution in [2.24, 2.45) is 0 Å². The Kier molecular flexibility index (Phi) is 6.52. The van der Waals surface area contributed by atoms with E-state index in [1.165, 1.54) is 5.56 Å². The molecule has 0 saturated carbocycles. The number of pyridine rings is 1. The van der Waals surface area contributed by atoms with Gasteiger partial charge in [-0.25, -0.2) is 19.9 Å². The normalized spacial score (nSPS) is 17.4. The van der Waals surface area contributed by atoms with Crippen LogP contribution in [0.4, 0.5) is 0 Å². The summed E-state index contributed by atoms with van der Waals surface area (Å²) < 4.78 is 8.62. The zero-order chi connectivity index (χ0) is 24.5. The molecule has 3 aromatic heterocycles. The number of imidazole rings is 1. The Morgan fingerprint density at radius 1 is 1.08 bits per heavy atom. The van der Waals surface area contributed by atoms with Crippen LogP contribution in [0.1, 0.15) is 36.6 Å². The van der Waals surface area contributed by atoms with Gasteiger partial charge in [0.25, 0.3) is 0 Å². The molecule has 1 N–H and O–H groups in total. The molecule has 1 aromatic carbocycles. The predicted octanol–water partition coefficient (Wildman–Crippen LogP) is 5.00. The Balaban J connectivity index is 1.31. The van der Waals surface area contributed by atoms with Crippen molar-refractivity contribution in [1.82, 2.24) is 29.4 Å². The number of likely N-dealkylation sites (tertiary alicyclic amines) is 1. The molecule has 184 valence electrons. The molecule has 5 heterocycles. The number of hydrogen-bond donors (Lipinski definition) is 1. The summed E-state index contributed by atoms with van der Waals surface area (Å²) >= 11 is 3.41. The van der Waals surface area contributed by atoms with E-state index in [0.717, 1.165) is 71.5 Å². The van der Waals surface area contributed by atoms with Crippen molar-refractivity contribution in [3.8, 4) is 17.1 Å². The van der Waals surface area contributed by atoms with Gasteiger partial charge in [-0.2, -0.15) is 0 Å². The maximum Gasteiger partial charge on any atom is 0.164 e. The molecule has 2 aliphatic rings. The van der Waals surface area contributed by atoms with Crippen molar-refractivity contribution in [2.45, 2.75) is 31.8 Å². The second-order valence-corrected chi connectivity index (χ2v) is 10.1. The minimum absolute atomic E-state index is 0.199. The van der Waals surface area contributed by atoms with E-state index in [9.17, 15) is 5.11 Å². The second-order valence-electron chi connectivity index (χ2n) is 9.32. The number of hydrogen-bond acceptors (Lipinski definition) is 7. The topological polar surface area (TPSA) is 89.2 Å². The predicted molar refractivity (Wildman–Crippen MR) is 141 cm³/mol. The van der Waals surface area contributed by atoms with E-state index in [0.29, 0.717) is 25.1 Å². The smallest absolute Gasteiger partial charge is 0.164 e. The number of rotatable bonds is 5. The average molecular weight is 547 g/mol. The van der Waals surface area contributed by atoms with E-state index < -0.39 is 0 Å². The zero-order valence-electron chi connectivity index (χ0n) is 19.8. The van der Waals surface area contributed by atoms with Gasteiger partial charge in [0, 0.05) is 37.4 Å². The maximum atomic E-state index is 10.1. The quantitative estimate of drug-likeness (QED) is 0.352. The van der Waals surface area contributed by atoms with Crippen LogP contribution in [-0.4, -0.2) is 60.8 Å². The molecule has 36 heavy (non-hydrogen) atoms. The van der Waals surface area contributed by atoms with Gasteiger partial charge in [-0.15, -0.1) is 0 Å². The lowest BCUT2D eigenvalue weighted by atomic mass is 10.0. The maximum absolute atomic E-state index is 10.1. The first-order valence-corrected chi connectivity index (χ1v) is 13.1. The second kappa shape index (κ2) is 10.1. The molecule has 1 saturated heterocycles. The van der Waals surface area contributed by atoms with Crippen molar-refractivity contribution < 1.29 is 9.84 Å². The summed E-state index contributed by atoms with van der Waals surface area (Å²) in [4.78, 5) is 21.5. The van der Waals surface area contributed by atoms with Crippen LogP contribution in [0, 0.1) is 0 Å². The molecule has 0 spiro atoms. The van der Waals surface area contributed by atoms with E-state index in [1.54, 1.807) is 12.1 Å². The fourth-order valence-electron chi connectivity index (χ4n) is 5.04. The summed E-state index contributed by atoms with van der Waals surface area (Å²) in [5, 5.41) is 10.1. The van der Waals surface area contributed by atoms with Gasteiger partial charge in [0.05, 0.1) is 25.2 Å². The number of aromatic hydroxyl groups is 1. The molecule has 0 atom stereocenters. The monoisotopic (exact) mass is 546 g/mol. The van der Waals surface area contributed by atoms with Gasteiger partial charge >= 0.3 is 0 Å². The summed E-state index contributed by atoms with van der Waals surface area (Å²) in [6, 6.07) is 11.6. The number of phenols is 1. The number of piperidine rings is 1. The first kappa shape index (κ1) is 23.3. The van der Waals surface area contributed by atoms with Crippen molar-refractivity contribution in [1.29, 1.82) is 0 Å². The third kappa shape index (κ3) is 4.78. The standard InChI is InChI=1S/C27H27BrN6O2/c28-23-5-4-18(15-29-23)16-33-10-6-21(7-11-33)34-17-30-25-24(19-8-12-36-13-9-19)31-26(32-27(25)34)20-2-1-3-22(35)14-20/h1-5,8,14-15,17,21,35H,6-7,9-13,16H2. The minimum Gasteiger partial charge on any atom is -0.508 e. The molecule has 0 aliphatic carbocycles. The highest BCUT2D eigenvalue weighted by molar-refractivity contribution is 9.10. The van der Waals surface area contributed by atoms with E-state index >= 15 is 0 Å². The number of aromatic nitrogens is 5. The molecular formula is C27H27BrN6O2. The SMILES string of the molecule is Oc1cccc(-c2nc(C3=CCOCC3)c3ncn(C4CCN(Cc5ccc(Br)nc5)CC4)c3n2)c1. The molecule has 9 heteroatoms. The summed E-state index contributed by atoms with van der Waals surface area (Å²) in [5.74, 6) is 0.799. The lowest BCUT2D eigenvalue weighted by Crippen LogP contribution is -2.34. The highest BCUT2D eigenvalue weighted by Gasteiger charge is 2.25. The lowest BCUT2D eigenvalue weighted by molar-refractivity contribution is 0.161. The third-order valence-corrected chi connectivity index (χ3v) is 7.41. The van der Waals surface area contributed by atoms with E-state index in [1.807, 2.05) is 30.7 Å². The Morgan fingerprint density at radius 3 is 2.72 bits per heavy atom. The fraction of sp³-hybridized carbons (Fsp3) is 0.333. The lowest BCUT2D eigenvalue weighted by Gasteiger charge is -2.32. The Labute approximate surface area is 217 Å². The van der Waals surface area contributed by atoms with Crippen LogP contribution in [0.2, 0.25) is 0 Å². The van der Waals surface area contributed by atoms with Crippen LogP contribution in [0.15, 0.2) is 59.6 Å². The third-order valence-electron chi connectivity index (χ3n) is 6.94. The summed E-state index contributed by atoms with van der Waals surface area (Å²) in [6.45, 7) is 4.16. The molecule has 4 aromatic rings. The molecule has 0 unspecified atom stereocenters. The Bertz CT molecular complexity index is 1410. The number of fused-ring (bicyclic) bond motifs is 1. The van der Waals surface area contributed by atoms with Crippen molar-refractivity contribution in [3.63, 3.8) is 0 Å². The first-order chi connectivity index (χ1) is 17.6. The number of benzene rings is 1. The van der Waals surface area contributed by atoms with Crippen LogP contribution in [0.25, 0.3) is 28.1 Å². The van der Waals surface area contributed by atoms with Crippen molar-refractivity contribution in [2.75, 3.05) is 26.3 Å². The van der Waals surface area contributed by atoms with E-state index in [2.05, 4.69) is 42.5 Å². The molecule has 0 amide bonds. The van der Waals surface area contributed by atoms with Gasteiger partial charge in [0.1, 0.15) is 15.9 Å². The van der Waals surface area contributed by atoms with Crippen LogP contribution in [0.3, 0.4) is 0 Å². The van der Waals surface area contributed by atoms with Crippen LogP contribution in [-0.2, 0) is 11.3 Å². The summed E-state index contributed by atoms with van der Waals surface area (Å²) in [6.07, 6.45) is 8.78. The first-order valence-electron chi connectivity index (χ1n) is 12.3.